The van der Waals surface area contributed by atoms with E-state index in [1.807, 2.05) is 13.8 Å². The number of benzene rings is 1. The molecule has 0 saturated carbocycles. The van der Waals surface area contributed by atoms with Gasteiger partial charge in [-0.1, -0.05) is 12.7 Å². The van der Waals surface area contributed by atoms with Crippen molar-refractivity contribution in [3.8, 4) is 5.75 Å². The molecule has 9 nitrogen and oxygen atoms in total. The molecule has 0 radical (unpaired) electrons. The van der Waals surface area contributed by atoms with Crippen molar-refractivity contribution < 1.29 is 27.8 Å². The molecule has 1 aliphatic heterocycles. The van der Waals surface area contributed by atoms with E-state index in [-0.39, 0.29) is 36.0 Å². The second kappa shape index (κ2) is 12.0. The van der Waals surface area contributed by atoms with E-state index in [0.29, 0.717) is 31.7 Å². The number of aliphatic carboxylic acids is 1. The zero-order valence-corrected chi connectivity index (χ0v) is 21.4. The summed E-state index contributed by atoms with van der Waals surface area (Å²) < 4.78 is 40.2. The van der Waals surface area contributed by atoms with Gasteiger partial charge >= 0.3 is 5.97 Å². The van der Waals surface area contributed by atoms with Crippen molar-refractivity contribution in [1.29, 1.82) is 5.41 Å². The van der Waals surface area contributed by atoms with E-state index in [4.69, 9.17) is 14.9 Å². The minimum Gasteiger partial charge on any atom is -0.491 e. The SMILES string of the molecule is C=CCOC(=N)/C=C\c1cn(CC(=O)O)cc1C1CCN(S(=O)(=O)c2ccc(OC(C)C)cc2)CC1. The highest BCUT2D eigenvalue weighted by Gasteiger charge is 2.31. The number of nitrogens with one attached hydrogen (secondary N) is 1. The van der Waals surface area contributed by atoms with Crippen LogP contribution in [0.25, 0.3) is 6.08 Å². The van der Waals surface area contributed by atoms with E-state index in [2.05, 4.69) is 6.58 Å². The molecular formula is C26H33N3O6S. The number of hydrogen-bond acceptors (Lipinski definition) is 6. The van der Waals surface area contributed by atoms with Crippen molar-refractivity contribution >= 4 is 28.0 Å². The van der Waals surface area contributed by atoms with Crippen LogP contribution in [0.3, 0.4) is 0 Å². The monoisotopic (exact) mass is 515 g/mol. The highest BCUT2D eigenvalue weighted by atomic mass is 32.2. The van der Waals surface area contributed by atoms with E-state index in [1.165, 1.54) is 10.4 Å². The molecule has 1 fully saturated rings. The maximum absolute atomic E-state index is 13.2. The molecule has 1 aromatic heterocycles. The van der Waals surface area contributed by atoms with Crippen molar-refractivity contribution in [3.63, 3.8) is 0 Å². The van der Waals surface area contributed by atoms with Gasteiger partial charge in [0.1, 0.15) is 18.9 Å². The van der Waals surface area contributed by atoms with Crippen LogP contribution >= 0.6 is 0 Å². The molecule has 1 aliphatic rings. The lowest BCUT2D eigenvalue weighted by atomic mass is 9.89. The van der Waals surface area contributed by atoms with Crippen molar-refractivity contribution in [2.75, 3.05) is 19.7 Å². The van der Waals surface area contributed by atoms with Crippen molar-refractivity contribution in [2.45, 2.75) is 50.2 Å². The van der Waals surface area contributed by atoms with Gasteiger partial charge in [0.15, 0.2) is 0 Å². The lowest BCUT2D eigenvalue weighted by Gasteiger charge is -2.31. The van der Waals surface area contributed by atoms with Crippen molar-refractivity contribution in [2.24, 2.45) is 0 Å². The predicted octanol–water partition coefficient (Wildman–Crippen LogP) is 4.12. The molecule has 1 saturated heterocycles. The lowest BCUT2D eigenvalue weighted by Crippen LogP contribution is -2.37. The van der Waals surface area contributed by atoms with Gasteiger partial charge in [0.25, 0.3) is 0 Å². The Morgan fingerprint density at radius 1 is 1.22 bits per heavy atom. The molecule has 36 heavy (non-hydrogen) atoms. The molecule has 3 rings (SSSR count). The van der Waals surface area contributed by atoms with E-state index in [1.54, 1.807) is 53.4 Å². The number of carboxylic acid groups (broad SMARTS) is 1. The van der Waals surface area contributed by atoms with Gasteiger partial charge in [0.05, 0.1) is 11.0 Å². The topological polar surface area (TPSA) is 122 Å². The summed E-state index contributed by atoms with van der Waals surface area (Å²) in [4.78, 5) is 11.5. The molecule has 2 aromatic rings. The molecule has 0 aliphatic carbocycles. The number of rotatable bonds is 11. The highest BCUT2D eigenvalue weighted by molar-refractivity contribution is 7.89. The second-order valence-electron chi connectivity index (χ2n) is 8.85. The minimum absolute atomic E-state index is 0.00171. The standard InChI is InChI=1S/C26H33N3O6S/c1-4-15-34-25(27)10-5-21-16-28(18-26(30)31)17-24(21)20-11-13-29(14-12-20)36(32,33)23-8-6-22(7-9-23)35-19(2)3/h4-10,16-17,19-20,27H,1,11-15,18H2,2-3H3,(H,30,31)/b10-5-,27-25?. The Kier molecular flexibility index (Phi) is 9.11. The zero-order valence-electron chi connectivity index (χ0n) is 20.6. The van der Waals surface area contributed by atoms with E-state index < -0.39 is 16.0 Å². The molecular weight excluding hydrogens is 482 g/mol. The van der Waals surface area contributed by atoms with Crippen LogP contribution in [0.4, 0.5) is 0 Å². The van der Waals surface area contributed by atoms with Crippen LogP contribution in [0.2, 0.25) is 0 Å². The maximum atomic E-state index is 13.2. The average Bonchev–Trinajstić information content (AvgIpc) is 3.23. The molecule has 10 heteroatoms. The van der Waals surface area contributed by atoms with Gasteiger partial charge in [-0.2, -0.15) is 4.31 Å². The van der Waals surface area contributed by atoms with Crippen LogP contribution in [-0.2, 0) is 26.1 Å². The number of sulfonamides is 1. The molecule has 0 unspecified atom stereocenters. The van der Waals surface area contributed by atoms with Crippen LogP contribution in [-0.4, -0.2) is 60.1 Å². The summed E-state index contributed by atoms with van der Waals surface area (Å²) in [6, 6.07) is 6.47. The predicted molar refractivity (Wildman–Crippen MR) is 138 cm³/mol. The molecule has 2 N–H and O–H groups in total. The third-order valence-corrected chi connectivity index (χ3v) is 7.67. The first kappa shape index (κ1) is 27.2. The van der Waals surface area contributed by atoms with E-state index in [9.17, 15) is 18.3 Å². The summed E-state index contributed by atoms with van der Waals surface area (Å²) >= 11 is 0. The number of carboxylic acids is 1. The van der Waals surface area contributed by atoms with Gasteiger partial charge < -0.3 is 19.1 Å². The average molecular weight is 516 g/mol. The van der Waals surface area contributed by atoms with E-state index >= 15 is 0 Å². The molecule has 0 atom stereocenters. The number of ether oxygens (including phenoxy) is 2. The zero-order chi connectivity index (χ0) is 26.3. The fourth-order valence-electron chi connectivity index (χ4n) is 4.15. The first-order valence-corrected chi connectivity index (χ1v) is 13.2. The summed E-state index contributed by atoms with van der Waals surface area (Å²) in [6.45, 7) is 8.11. The van der Waals surface area contributed by atoms with Crippen LogP contribution < -0.4 is 4.74 Å². The first-order chi connectivity index (χ1) is 17.1. The molecule has 1 aromatic carbocycles. The summed E-state index contributed by atoms with van der Waals surface area (Å²) in [5, 5.41) is 17.1. The quantitative estimate of drug-likeness (QED) is 0.264. The minimum atomic E-state index is -3.64. The summed E-state index contributed by atoms with van der Waals surface area (Å²) in [7, 11) is -3.64. The molecule has 2 heterocycles. The highest BCUT2D eigenvalue weighted by Crippen LogP contribution is 2.34. The fourth-order valence-corrected chi connectivity index (χ4v) is 5.62. The third-order valence-electron chi connectivity index (χ3n) is 5.76. The number of nitrogens with zero attached hydrogens (tertiary/aromatic N) is 2. The van der Waals surface area contributed by atoms with Crippen LogP contribution in [0, 0.1) is 5.41 Å². The Morgan fingerprint density at radius 2 is 1.89 bits per heavy atom. The number of carbonyl (C=O) groups is 1. The Balaban J connectivity index is 1.73. The Labute approximate surface area is 212 Å². The second-order valence-corrected chi connectivity index (χ2v) is 10.8. The van der Waals surface area contributed by atoms with Gasteiger partial charge in [-0.25, -0.2) is 8.42 Å². The summed E-state index contributed by atoms with van der Waals surface area (Å²) in [6.07, 6.45) is 9.50. The fraction of sp³-hybridized carbons (Fsp3) is 0.385. The largest absolute Gasteiger partial charge is 0.491 e. The third kappa shape index (κ3) is 7.08. The van der Waals surface area contributed by atoms with E-state index in [0.717, 1.165) is 11.1 Å². The Hall–Kier alpha value is -3.37. The van der Waals surface area contributed by atoms with Gasteiger partial charge in [-0.3, -0.25) is 10.2 Å². The molecule has 194 valence electrons. The normalized spacial score (nSPS) is 15.3. The van der Waals surface area contributed by atoms with Gasteiger partial charge in [0.2, 0.25) is 15.9 Å². The molecule has 0 spiro atoms. The summed E-state index contributed by atoms with van der Waals surface area (Å²) in [5.41, 5.74) is 1.71. The van der Waals surface area contributed by atoms with Crippen LogP contribution in [0.1, 0.15) is 43.7 Å². The first-order valence-electron chi connectivity index (χ1n) is 11.8. The molecule has 0 amide bonds. The smallest absolute Gasteiger partial charge is 0.323 e. The van der Waals surface area contributed by atoms with Gasteiger partial charge in [0, 0.05) is 31.6 Å². The number of aromatic nitrogens is 1. The maximum Gasteiger partial charge on any atom is 0.323 e. The van der Waals surface area contributed by atoms with Crippen LogP contribution in [0.5, 0.6) is 5.75 Å². The van der Waals surface area contributed by atoms with Crippen molar-refractivity contribution in [3.05, 3.63) is 66.5 Å². The number of piperidine rings is 1. The van der Waals surface area contributed by atoms with Gasteiger partial charge in [-0.15, -0.1) is 0 Å². The number of hydrogen-bond donors (Lipinski definition) is 2. The Morgan fingerprint density at radius 3 is 2.47 bits per heavy atom. The summed E-state index contributed by atoms with van der Waals surface area (Å²) in [5.74, 6) is -0.314. The molecule has 0 bridgehead atoms. The van der Waals surface area contributed by atoms with Crippen molar-refractivity contribution in [1.82, 2.24) is 8.87 Å². The van der Waals surface area contributed by atoms with Gasteiger partial charge in [-0.05, 0) is 74.1 Å². The van der Waals surface area contributed by atoms with Crippen LogP contribution in [0.15, 0.2) is 60.3 Å². The Bertz CT molecular complexity index is 1210. The lowest BCUT2D eigenvalue weighted by molar-refractivity contribution is -0.137.